The zero-order valence-electron chi connectivity index (χ0n) is 19.4. The molecule has 3 rings (SSSR count). The zero-order chi connectivity index (χ0) is 26.9. The molecule has 11 heteroatoms. The predicted molar refractivity (Wildman–Crippen MR) is 129 cm³/mol. The number of nitro benzene ring substituents is 1. The number of carbonyl (C=O) groups is 1. The Balaban J connectivity index is 0.00000222. The van der Waals surface area contributed by atoms with E-state index in [0.717, 1.165) is 12.1 Å². The van der Waals surface area contributed by atoms with Gasteiger partial charge < -0.3 is 15.3 Å². The number of nitrogens with zero attached hydrogens (tertiary/aromatic N) is 3. The highest BCUT2D eigenvalue weighted by molar-refractivity contribution is 5.94. The van der Waals surface area contributed by atoms with E-state index in [0.29, 0.717) is 17.4 Å². The third-order valence-electron chi connectivity index (χ3n) is 4.81. The first-order chi connectivity index (χ1) is 17.1. The van der Waals surface area contributed by atoms with Crippen molar-refractivity contribution in [1.29, 1.82) is 5.26 Å². The number of aliphatic hydroxyl groups excluding tert-OH is 1. The van der Waals surface area contributed by atoms with E-state index in [4.69, 9.17) is 5.26 Å². The summed E-state index contributed by atoms with van der Waals surface area (Å²) in [5.41, 5.74) is -1.17. The lowest BCUT2D eigenvalue weighted by Gasteiger charge is -2.27. The van der Waals surface area contributed by atoms with Crippen molar-refractivity contribution in [2.75, 3.05) is 16.8 Å². The maximum Gasteiger partial charge on any atom is 0.417 e. The number of amides is 1. The number of anilines is 3. The van der Waals surface area contributed by atoms with E-state index in [-0.39, 0.29) is 17.9 Å². The van der Waals surface area contributed by atoms with E-state index in [2.05, 4.69) is 5.32 Å². The molecule has 0 bridgehead atoms. The van der Waals surface area contributed by atoms with Crippen LogP contribution >= 0.6 is 0 Å². The van der Waals surface area contributed by atoms with Gasteiger partial charge in [-0.05, 0) is 42.5 Å². The number of hydrogen-bond acceptors (Lipinski definition) is 6. The lowest BCUT2D eigenvalue weighted by Crippen LogP contribution is -2.38. The molecule has 1 amide bonds. The van der Waals surface area contributed by atoms with Crippen molar-refractivity contribution < 1.29 is 28.0 Å². The Labute approximate surface area is 205 Å². The van der Waals surface area contributed by atoms with Crippen LogP contribution in [0.3, 0.4) is 0 Å². The second-order valence-corrected chi connectivity index (χ2v) is 7.09. The number of benzene rings is 3. The van der Waals surface area contributed by atoms with Gasteiger partial charge in [-0.3, -0.25) is 14.9 Å². The smallest absolute Gasteiger partial charge is 0.381 e. The number of nitrogens with one attached hydrogen (secondary N) is 1. The first kappa shape index (κ1) is 27.8. The van der Waals surface area contributed by atoms with E-state index < -0.39 is 34.2 Å². The molecule has 0 fully saturated rings. The van der Waals surface area contributed by atoms with Gasteiger partial charge in [0.1, 0.15) is 0 Å². The molecule has 0 aliphatic rings. The molecular formula is C25H23F3N4O4. The molecular weight excluding hydrogens is 477 g/mol. The monoisotopic (exact) mass is 500 g/mol. The third-order valence-corrected chi connectivity index (χ3v) is 4.81. The van der Waals surface area contributed by atoms with Gasteiger partial charge in [0.15, 0.2) is 6.10 Å². The standard InChI is InChI=1S/C23H17F3N4O4.C2H6/c24-23(25,26)20-12-16(7-6-15(20)13-27)28-22(32)21(31)14-29(17-4-2-1-3-5-17)18-8-10-19(11-9-18)30(33)34;1-2/h1-12,21,31H,14H2,(H,28,32);1-2H3. The van der Waals surface area contributed by atoms with Crippen molar-refractivity contribution in [3.05, 3.63) is 94.0 Å². The van der Waals surface area contributed by atoms with Crippen molar-refractivity contribution in [3.8, 4) is 6.07 Å². The number of para-hydroxylation sites is 1. The average molecular weight is 500 g/mol. The Morgan fingerprint density at radius 3 is 2.19 bits per heavy atom. The minimum atomic E-state index is -4.80. The normalized spacial score (nSPS) is 11.4. The molecule has 0 aromatic heterocycles. The molecule has 2 N–H and O–H groups in total. The number of alkyl halides is 3. The number of aliphatic hydroxyl groups is 1. The number of nitriles is 1. The average Bonchev–Trinajstić information content (AvgIpc) is 2.88. The molecule has 0 aliphatic carbocycles. The van der Waals surface area contributed by atoms with Gasteiger partial charge >= 0.3 is 6.18 Å². The summed E-state index contributed by atoms with van der Waals surface area (Å²) in [4.78, 5) is 24.4. The van der Waals surface area contributed by atoms with E-state index in [9.17, 15) is 33.2 Å². The topological polar surface area (TPSA) is 120 Å². The second-order valence-electron chi connectivity index (χ2n) is 7.09. The van der Waals surface area contributed by atoms with Gasteiger partial charge in [0, 0.05) is 29.2 Å². The van der Waals surface area contributed by atoms with Crippen LogP contribution in [0.2, 0.25) is 0 Å². The lowest BCUT2D eigenvalue weighted by molar-refractivity contribution is -0.384. The Bertz CT molecular complexity index is 1230. The van der Waals surface area contributed by atoms with Crippen molar-refractivity contribution in [3.63, 3.8) is 0 Å². The number of halogens is 3. The molecule has 0 saturated carbocycles. The molecule has 0 saturated heterocycles. The SMILES string of the molecule is CC.N#Cc1ccc(NC(=O)C(O)CN(c2ccccc2)c2ccc([N+](=O)[O-])cc2)cc1C(F)(F)F. The molecule has 36 heavy (non-hydrogen) atoms. The van der Waals surface area contributed by atoms with Crippen LogP contribution in [0.1, 0.15) is 25.0 Å². The van der Waals surface area contributed by atoms with Gasteiger partial charge in [0.2, 0.25) is 0 Å². The quantitative estimate of drug-likeness (QED) is 0.320. The van der Waals surface area contributed by atoms with E-state index in [1.165, 1.54) is 35.2 Å². The Kier molecular flexibility index (Phi) is 9.52. The van der Waals surface area contributed by atoms with Crippen molar-refractivity contribution >= 4 is 28.7 Å². The summed E-state index contributed by atoms with van der Waals surface area (Å²) < 4.78 is 39.5. The highest BCUT2D eigenvalue weighted by Crippen LogP contribution is 2.33. The van der Waals surface area contributed by atoms with Crippen LogP contribution in [0.5, 0.6) is 0 Å². The molecule has 0 aliphatic heterocycles. The summed E-state index contributed by atoms with van der Waals surface area (Å²) in [6, 6.07) is 18.2. The number of rotatable bonds is 7. The highest BCUT2D eigenvalue weighted by atomic mass is 19.4. The van der Waals surface area contributed by atoms with Crippen LogP contribution in [0.25, 0.3) is 0 Å². The van der Waals surface area contributed by atoms with Gasteiger partial charge in [-0.15, -0.1) is 0 Å². The van der Waals surface area contributed by atoms with Crippen LogP contribution < -0.4 is 10.2 Å². The van der Waals surface area contributed by atoms with Crippen molar-refractivity contribution in [2.45, 2.75) is 26.1 Å². The summed E-state index contributed by atoms with van der Waals surface area (Å²) in [7, 11) is 0. The lowest BCUT2D eigenvalue weighted by atomic mass is 10.1. The largest absolute Gasteiger partial charge is 0.417 e. The molecule has 188 valence electrons. The maximum atomic E-state index is 13.2. The Morgan fingerprint density at radius 1 is 1.08 bits per heavy atom. The maximum absolute atomic E-state index is 13.2. The van der Waals surface area contributed by atoms with Gasteiger partial charge in [-0.25, -0.2) is 0 Å². The van der Waals surface area contributed by atoms with E-state index in [1.807, 2.05) is 13.8 Å². The highest BCUT2D eigenvalue weighted by Gasteiger charge is 2.34. The molecule has 8 nitrogen and oxygen atoms in total. The third kappa shape index (κ3) is 7.04. The summed E-state index contributed by atoms with van der Waals surface area (Å²) in [6.07, 6.45) is -6.48. The summed E-state index contributed by atoms with van der Waals surface area (Å²) in [5, 5.41) is 32.5. The van der Waals surface area contributed by atoms with E-state index in [1.54, 1.807) is 30.3 Å². The minimum absolute atomic E-state index is 0.142. The minimum Gasteiger partial charge on any atom is -0.381 e. The summed E-state index contributed by atoms with van der Waals surface area (Å²) >= 11 is 0. The molecule has 1 unspecified atom stereocenters. The van der Waals surface area contributed by atoms with Crippen LogP contribution in [-0.4, -0.2) is 28.6 Å². The van der Waals surface area contributed by atoms with Crippen LogP contribution in [0.15, 0.2) is 72.8 Å². The first-order valence-electron chi connectivity index (χ1n) is 10.8. The van der Waals surface area contributed by atoms with Crippen molar-refractivity contribution in [1.82, 2.24) is 0 Å². The number of carbonyl (C=O) groups excluding carboxylic acids is 1. The van der Waals surface area contributed by atoms with Crippen molar-refractivity contribution in [2.24, 2.45) is 0 Å². The fourth-order valence-electron chi connectivity index (χ4n) is 3.16. The molecule has 0 spiro atoms. The van der Waals surface area contributed by atoms with Gasteiger partial charge in [-0.2, -0.15) is 18.4 Å². The number of non-ortho nitro benzene ring substituents is 1. The Morgan fingerprint density at radius 2 is 1.67 bits per heavy atom. The fourth-order valence-corrected chi connectivity index (χ4v) is 3.16. The molecule has 3 aromatic carbocycles. The van der Waals surface area contributed by atoms with Gasteiger partial charge in [-0.1, -0.05) is 32.0 Å². The molecule has 0 radical (unpaired) electrons. The second kappa shape index (κ2) is 12.3. The fraction of sp³-hybridized carbons (Fsp3) is 0.200. The summed E-state index contributed by atoms with van der Waals surface area (Å²) in [5.74, 6) is -0.972. The number of nitro groups is 1. The molecule has 1 atom stereocenters. The van der Waals surface area contributed by atoms with Crippen LogP contribution in [0.4, 0.5) is 35.9 Å². The van der Waals surface area contributed by atoms with Crippen LogP contribution in [-0.2, 0) is 11.0 Å². The van der Waals surface area contributed by atoms with Gasteiger partial charge in [0.25, 0.3) is 11.6 Å². The first-order valence-corrected chi connectivity index (χ1v) is 10.8. The zero-order valence-corrected chi connectivity index (χ0v) is 19.4. The predicted octanol–water partition coefficient (Wildman–Crippen LogP) is 5.65. The van der Waals surface area contributed by atoms with E-state index >= 15 is 0 Å². The molecule has 3 aromatic rings. The summed E-state index contributed by atoms with van der Waals surface area (Å²) in [6.45, 7) is 3.70. The van der Waals surface area contributed by atoms with Crippen LogP contribution in [0, 0.1) is 21.4 Å². The number of hydrogen-bond donors (Lipinski definition) is 2. The Hall–Kier alpha value is -4.43. The molecule has 0 heterocycles. The van der Waals surface area contributed by atoms with Gasteiger partial charge in [0.05, 0.1) is 28.7 Å².